The molecule has 2 rings (SSSR count). The molecule has 0 bridgehead atoms. The van der Waals surface area contributed by atoms with Gasteiger partial charge in [0, 0.05) is 10.8 Å². The van der Waals surface area contributed by atoms with Crippen LogP contribution in [0.4, 0.5) is 10.3 Å². The number of nitrogen functional groups attached to an aromatic ring is 2. The van der Waals surface area contributed by atoms with Crippen LogP contribution in [-0.2, 0) is 14.4 Å². The lowest BCUT2D eigenvalue weighted by Gasteiger charge is -2.10. The van der Waals surface area contributed by atoms with Gasteiger partial charge in [-0.15, -0.1) is 22.7 Å². The molecule has 0 spiro atoms. The highest BCUT2D eigenvalue weighted by Crippen LogP contribution is 2.18. The SMILES string of the molecule is CON=C(C(=O)NC(C=O)c1csc(N)n1)c1csc(N)n1. The van der Waals surface area contributed by atoms with E-state index in [2.05, 4.69) is 25.3 Å². The van der Waals surface area contributed by atoms with Gasteiger partial charge in [-0.3, -0.25) is 4.79 Å². The minimum atomic E-state index is -0.945. The fourth-order valence-corrected chi connectivity index (χ4v) is 2.67. The van der Waals surface area contributed by atoms with Gasteiger partial charge in [-0.1, -0.05) is 5.16 Å². The van der Waals surface area contributed by atoms with Gasteiger partial charge in [-0.05, 0) is 0 Å². The Kier molecular flexibility index (Phi) is 5.01. The third kappa shape index (κ3) is 3.56. The van der Waals surface area contributed by atoms with Crippen LogP contribution >= 0.6 is 22.7 Å². The molecule has 116 valence electrons. The molecule has 1 unspecified atom stereocenters. The van der Waals surface area contributed by atoms with Crippen LogP contribution < -0.4 is 16.8 Å². The average Bonchev–Trinajstić information content (AvgIpc) is 3.10. The Bertz CT molecular complexity index is 710. The Balaban J connectivity index is 2.20. The van der Waals surface area contributed by atoms with Crippen LogP contribution in [-0.4, -0.2) is 35.0 Å². The molecular weight excluding hydrogens is 328 g/mol. The zero-order valence-electron chi connectivity index (χ0n) is 11.3. The van der Waals surface area contributed by atoms with Crippen molar-refractivity contribution in [3.8, 4) is 0 Å². The van der Waals surface area contributed by atoms with Crippen LogP contribution in [0.2, 0.25) is 0 Å². The Morgan fingerprint density at radius 3 is 2.55 bits per heavy atom. The molecule has 1 atom stereocenters. The average molecular weight is 340 g/mol. The molecule has 22 heavy (non-hydrogen) atoms. The second-order valence-corrected chi connectivity index (χ2v) is 5.67. The fraction of sp³-hybridized carbons (Fsp3) is 0.182. The summed E-state index contributed by atoms with van der Waals surface area (Å²) in [5.74, 6) is -0.643. The summed E-state index contributed by atoms with van der Waals surface area (Å²) < 4.78 is 0. The molecule has 2 heterocycles. The Morgan fingerprint density at radius 1 is 1.36 bits per heavy atom. The van der Waals surface area contributed by atoms with Gasteiger partial charge in [-0.2, -0.15) is 0 Å². The van der Waals surface area contributed by atoms with E-state index in [1.165, 1.54) is 18.4 Å². The first-order valence-electron chi connectivity index (χ1n) is 5.84. The molecule has 5 N–H and O–H groups in total. The maximum Gasteiger partial charge on any atom is 0.276 e. The van der Waals surface area contributed by atoms with E-state index >= 15 is 0 Å². The normalized spacial score (nSPS) is 12.7. The van der Waals surface area contributed by atoms with Gasteiger partial charge in [0.2, 0.25) is 0 Å². The highest BCUT2D eigenvalue weighted by atomic mass is 32.1. The second-order valence-electron chi connectivity index (χ2n) is 3.89. The van der Waals surface area contributed by atoms with Gasteiger partial charge in [0.1, 0.15) is 25.1 Å². The zero-order chi connectivity index (χ0) is 16.1. The van der Waals surface area contributed by atoms with Crippen LogP contribution in [0.3, 0.4) is 0 Å². The minimum Gasteiger partial charge on any atom is -0.398 e. The van der Waals surface area contributed by atoms with Crippen molar-refractivity contribution >= 4 is 50.8 Å². The van der Waals surface area contributed by atoms with Crippen LogP contribution in [0.5, 0.6) is 0 Å². The highest BCUT2D eigenvalue weighted by molar-refractivity contribution is 7.14. The number of nitrogens with zero attached hydrogens (tertiary/aromatic N) is 3. The van der Waals surface area contributed by atoms with Crippen molar-refractivity contribution < 1.29 is 14.4 Å². The maximum absolute atomic E-state index is 12.3. The van der Waals surface area contributed by atoms with Crippen molar-refractivity contribution in [3.63, 3.8) is 0 Å². The van der Waals surface area contributed by atoms with Crippen LogP contribution in [0.25, 0.3) is 0 Å². The van der Waals surface area contributed by atoms with E-state index in [4.69, 9.17) is 11.5 Å². The van der Waals surface area contributed by atoms with Crippen LogP contribution in [0.15, 0.2) is 15.9 Å². The van der Waals surface area contributed by atoms with E-state index in [0.717, 1.165) is 11.3 Å². The number of anilines is 2. The van der Waals surface area contributed by atoms with Crippen molar-refractivity contribution in [2.75, 3.05) is 18.6 Å². The molecule has 2 aromatic rings. The fourth-order valence-electron chi connectivity index (χ4n) is 1.52. The summed E-state index contributed by atoms with van der Waals surface area (Å²) in [6.07, 6.45) is 0.548. The molecule has 0 aliphatic carbocycles. The van der Waals surface area contributed by atoms with Gasteiger partial charge < -0.3 is 26.4 Å². The number of nitrogens with two attached hydrogens (primary N) is 2. The van der Waals surface area contributed by atoms with E-state index < -0.39 is 11.9 Å². The monoisotopic (exact) mass is 340 g/mol. The first kappa shape index (κ1) is 15.9. The first-order chi connectivity index (χ1) is 10.5. The van der Waals surface area contributed by atoms with Crippen molar-refractivity contribution in [2.45, 2.75) is 6.04 Å². The number of hydrogen-bond donors (Lipinski definition) is 3. The van der Waals surface area contributed by atoms with Crippen LogP contribution in [0, 0.1) is 0 Å². The van der Waals surface area contributed by atoms with E-state index in [-0.39, 0.29) is 16.5 Å². The summed E-state index contributed by atoms with van der Waals surface area (Å²) in [5, 5.41) is 9.84. The number of aromatic nitrogens is 2. The molecule has 0 aromatic carbocycles. The molecule has 2 aromatic heterocycles. The number of oxime groups is 1. The van der Waals surface area contributed by atoms with Crippen molar-refractivity contribution in [2.24, 2.45) is 5.16 Å². The van der Waals surface area contributed by atoms with Gasteiger partial charge >= 0.3 is 0 Å². The topological polar surface area (TPSA) is 146 Å². The predicted octanol–water partition coefficient (Wildman–Crippen LogP) is 0.171. The number of aldehydes is 1. The molecule has 1 amide bonds. The standard InChI is InChI=1S/C11H12N6O3S2/c1-20-17-8(7-4-22-11(13)16-7)9(19)14-5(2-18)6-3-21-10(12)15-6/h2-5H,1H3,(H2,12,15)(H2,13,16)(H,14,19). The lowest BCUT2D eigenvalue weighted by Crippen LogP contribution is -2.36. The number of amides is 1. The first-order valence-corrected chi connectivity index (χ1v) is 7.60. The van der Waals surface area contributed by atoms with Gasteiger partial charge in [0.05, 0.1) is 5.69 Å². The summed E-state index contributed by atoms with van der Waals surface area (Å²) >= 11 is 2.32. The number of carbonyl (C=O) groups excluding carboxylic acids is 2. The molecule has 0 fully saturated rings. The largest absolute Gasteiger partial charge is 0.398 e. The maximum atomic E-state index is 12.3. The zero-order valence-corrected chi connectivity index (χ0v) is 13.0. The molecule has 9 nitrogen and oxygen atoms in total. The minimum absolute atomic E-state index is 0.0921. The molecule has 0 radical (unpaired) electrons. The Labute approximate surface area is 133 Å². The van der Waals surface area contributed by atoms with Gasteiger partial charge in [0.25, 0.3) is 5.91 Å². The summed E-state index contributed by atoms with van der Waals surface area (Å²) in [4.78, 5) is 36.0. The molecule has 0 aliphatic heterocycles. The molecule has 0 saturated heterocycles. The highest BCUT2D eigenvalue weighted by Gasteiger charge is 2.23. The van der Waals surface area contributed by atoms with E-state index in [0.29, 0.717) is 17.1 Å². The van der Waals surface area contributed by atoms with Gasteiger partial charge in [0.15, 0.2) is 16.0 Å². The number of hydrogen-bond acceptors (Lipinski definition) is 10. The van der Waals surface area contributed by atoms with Crippen molar-refractivity contribution in [3.05, 3.63) is 22.1 Å². The third-order valence-corrected chi connectivity index (χ3v) is 3.81. The summed E-state index contributed by atoms with van der Waals surface area (Å²) in [5.41, 5.74) is 11.6. The lowest BCUT2D eigenvalue weighted by molar-refractivity contribution is -0.119. The quantitative estimate of drug-likeness (QED) is 0.386. The molecule has 0 saturated carbocycles. The van der Waals surface area contributed by atoms with Crippen LogP contribution in [0.1, 0.15) is 17.4 Å². The number of nitrogens with one attached hydrogen (secondary N) is 1. The molecular formula is C11H12N6O3S2. The predicted molar refractivity (Wildman–Crippen MR) is 83.5 cm³/mol. The lowest BCUT2D eigenvalue weighted by atomic mass is 10.2. The van der Waals surface area contributed by atoms with E-state index in [9.17, 15) is 9.59 Å². The summed E-state index contributed by atoms with van der Waals surface area (Å²) in [7, 11) is 1.29. The number of thiazole rings is 2. The number of rotatable bonds is 6. The molecule has 11 heteroatoms. The Morgan fingerprint density at radius 2 is 2.05 bits per heavy atom. The number of carbonyl (C=O) groups is 2. The smallest absolute Gasteiger partial charge is 0.276 e. The van der Waals surface area contributed by atoms with Crippen molar-refractivity contribution in [1.29, 1.82) is 0 Å². The molecule has 0 aliphatic rings. The van der Waals surface area contributed by atoms with E-state index in [1.54, 1.807) is 10.8 Å². The summed E-state index contributed by atoms with van der Waals surface area (Å²) in [6.45, 7) is 0. The summed E-state index contributed by atoms with van der Waals surface area (Å²) in [6, 6.07) is -0.945. The third-order valence-electron chi connectivity index (χ3n) is 2.44. The second kappa shape index (κ2) is 6.95. The van der Waals surface area contributed by atoms with Gasteiger partial charge in [-0.25, -0.2) is 9.97 Å². The van der Waals surface area contributed by atoms with Crippen molar-refractivity contribution in [1.82, 2.24) is 15.3 Å². The Hall–Kier alpha value is -2.53. The van der Waals surface area contributed by atoms with E-state index in [1.807, 2.05) is 0 Å².